The highest BCUT2D eigenvalue weighted by Gasteiger charge is 2.40. The van der Waals surface area contributed by atoms with Gasteiger partial charge in [-0.2, -0.15) is 8.42 Å². The van der Waals surface area contributed by atoms with E-state index in [1.54, 1.807) is 35.2 Å². The largest absolute Gasteiger partial charge is 0.493 e. The van der Waals surface area contributed by atoms with Crippen molar-refractivity contribution in [1.82, 2.24) is 4.90 Å². The molecule has 1 atom stereocenters. The number of hydrogen-bond acceptors (Lipinski definition) is 8. The summed E-state index contributed by atoms with van der Waals surface area (Å²) in [5.74, 6) is 0.980. The van der Waals surface area contributed by atoms with Gasteiger partial charge in [0.05, 0.1) is 50.8 Å². The molecule has 0 bridgehead atoms. The molecule has 13 heteroatoms. The Hall–Kier alpha value is -2.28. The number of halogens is 2. The Kier molecular flexibility index (Phi) is 10.6. The summed E-state index contributed by atoms with van der Waals surface area (Å²) < 4.78 is 48.0. The van der Waals surface area contributed by atoms with E-state index in [0.717, 1.165) is 5.56 Å². The van der Waals surface area contributed by atoms with Crippen molar-refractivity contribution in [2.75, 3.05) is 53.9 Å². The average Bonchev–Trinajstić information content (AvgIpc) is 2.83. The van der Waals surface area contributed by atoms with Crippen molar-refractivity contribution in [3.05, 3.63) is 51.5 Å². The van der Waals surface area contributed by atoms with Crippen LogP contribution in [0.2, 0.25) is 10.0 Å². The zero-order valence-corrected chi connectivity index (χ0v) is 22.6. The first kappa shape index (κ1) is 29.9. The summed E-state index contributed by atoms with van der Waals surface area (Å²) in [6, 6.07) is 8.43. The number of amides is 1. The number of carbonyl (C=O) groups is 1. The lowest BCUT2D eigenvalue weighted by Crippen LogP contribution is -2.52. The molecule has 1 aliphatic heterocycles. The molecule has 1 fully saturated rings. The van der Waals surface area contributed by atoms with Crippen LogP contribution in [-0.2, 0) is 20.5 Å². The molecule has 10 nitrogen and oxygen atoms in total. The van der Waals surface area contributed by atoms with Crippen LogP contribution < -0.4 is 14.2 Å². The smallest absolute Gasteiger partial charge is 0.261 e. The van der Waals surface area contributed by atoms with E-state index in [4.69, 9.17) is 46.7 Å². The van der Waals surface area contributed by atoms with E-state index in [0.29, 0.717) is 58.7 Å². The minimum absolute atomic E-state index is 0.119. The second kappa shape index (κ2) is 12.8. The third-order valence-corrected chi connectivity index (χ3v) is 6.09. The molecule has 0 aliphatic carbocycles. The normalized spacial score (nSPS) is 17.6. The van der Waals surface area contributed by atoms with Crippen LogP contribution in [0.5, 0.6) is 17.2 Å². The van der Waals surface area contributed by atoms with Gasteiger partial charge in [-0.3, -0.25) is 9.35 Å². The van der Waals surface area contributed by atoms with Crippen LogP contribution >= 0.6 is 23.2 Å². The van der Waals surface area contributed by atoms with Gasteiger partial charge >= 0.3 is 0 Å². The fraction of sp³-hybridized carbons (Fsp3) is 0.435. The number of nitrogens with zero attached hydrogens (tertiary/aromatic N) is 1. The lowest BCUT2D eigenvalue weighted by Gasteiger charge is -2.43. The molecule has 2 aromatic carbocycles. The molecular formula is C23H29Cl2NO9S. The summed E-state index contributed by atoms with van der Waals surface area (Å²) in [6.45, 7) is 0.813. The van der Waals surface area contributed by atoms with Crippen LogP contribution in [0.1, 0.15) is 22.3 Å². The Morgan fingerprint density at radius 1 is 1.08 bits per heavy atom. The standard InChI is InChI=1S/C22H25Cl2NO6.CH4O3S/c1-28-18-10-14(11-19(29-2)20(18)30-3)21(27)25-7-9-31-22(13-25,6-8-26)15-4-5-16(23)17(24)12-15;1-5(2,3)4/h4-5,10-12,26H,6-9,13H2,1-3H3;1H3,(H,2,3,4)/t22-;/m0./s1. The summed E-state index contributed by atoms with van der Waals surface area (Å²) in [6.07, 6.45) is 1.01. The second-order valence-corrected chi connectivity index (χ2v) is 10.1. The Balaban J connectivity index is 0.000000830. The Morgan fingerprint density at radius 2 is 1.67 bits per heavy atom. The molecule has 3 rings (SSSR count). The zero-order chi connectivity index (χ0) is 27.1. The first-order valence-electron chi connectivity index (χ1n) is 10.6. The van der Waals surface area contributed by atoms with Crippen molar-refractivity contribution in [1.29, 1.82) is 0 Å². The molecule has 0 spiro atoms. The predicted molar refractivity (Wildman–Crippen MR) is 135 cm³/mol. The third kappa shape index (κ3) is 7.61. The van der Waals surface area contributed by atoms with E-state index < -0.39 is 15.7 Å². The van der Waals surface area contributed by atoms with E-state index in [1.165, 1.54) is 21.3 Å². The van der Waals surface area contributed by atoms with Crippen LogP contribution in [0.3, 0.4) is 0 Å². The summed E-state index contributed by atoms with van der Waals surface area (Å²) in [5.41, 5.74) is 0.235. The number of aliphatic hydroxyl groups excluding tert-OH is 1. The lowest BCUT2D eigenvalue weighted by molar-refractivity contribution is -0.115. The van der Waals surface area contributed by atoms with Gasteiger partial charge < -0.3 is 29.0 Å². The Labute approximate surface area is 220 Å². The minimum Gasteiger partial charge on any atom is -0.493 e. The van der Waals surface area contributed by atoms with Gasteiger partial charge in [0.25, 0.3) is 16.0 Å². The van der Waals surface area contributed by atoms with Gasteiger partial charge in [0, 0.05) is 25.1 Å². The zero-order valence-electron chi connectivity index (χ0n) is 20.3. The number of hydrogen-bond donors (Lipinski definition) is 2. The quantitative estimate of drug-likeness (QED) is 0.485. The second-order valence-electron chi connectivity index (χ2n) is 7.82. The summed E-state index contributed by atoms with van der Waals surface area (Å²) in [7, 11) is 0.831. The molecule has 36 heavy (non-hydrogen) atoms. The van der Waals surface area contributed by atoms with Crippen LogP contribution in [0.15, 0.2) is 30.3 Å². The van der Waals surface area contributed by atoms with Gasteiger partial charge in [-0.05, 0) is 29.8 Å². The molecule has 2 N–H and O–H groups in total. The van der Waals surface area contributed by atoms with Crippen molar-refractivity contribution >= 4 is 39.2 Å². The molecule has 2 aromatic rings. The first-order valence-corrected chi connectivity index (χ1v) is 13.2. The fourth-order valence-corrected chi connectivity index (χ4v) is 4.07. The van der Waals surface area contributed by atoms with Crippen molar-refractivity contribution in [2.45, 2.75) is 12.0 Å². The number of ether oxygens (including phenoxy) is 4. The van der Waals surface area contributed by atoms with Crippen LogP contribution in [0, 0.1) is 0 Å². The SMILES string of the molecule is COc1cc(C(=O)N2CCO[C@](CCO)(c3ccc(Cl)c(Cl)c3)C2)cc(OC)c1OC.CS(=O)(=O)O. The molecule has 0 unspecified atom stereocenters. The van der Waals surface area contributed by atoms with Crippen molar-refractivity contribution in [2.24, 2.45) is 0 Å². The van der Waals surface area contributed by atoms with Gasteiger partial charge in [0.1, 0.15) is 5.60 Å². The average molecular weight is 566 g/mol. The van der Waals surface area contributed by atoms with E-state index in [2.05, 4.69) is 0 Å². The number of rotatable bonds is 7. The first-order chi connectivity index (χ1) is 16.9. The van der Waals surface area contributed by atoms with Crippen molar-refractivity contribution in [3.63, 3.8) is 0 Å². The monoisotopic (exact) mass is 565 g/mol. The summed E-state index contributed by atoms with van der Waals surface area (Å²) in [5, 5.41) is 10.5. The molecule has 200 valence electrons. The van der Waals surface area contributed by atoms with Gasteiger partial charge in [0.15, 0.2) is 11.5 Å². The summed E-state index contributed by atoms with van der Waals surface area (Å²) in [4.78, 5) is 15.1. The van der Waals surface area contributed by atoms with Gasteiger partial charge in [-0.25, -0.2) is 0 Å². The number of aliphatic hydroxyl groups is 1. The highest BCUT2D eigenvalue weighted by atomic mass is 35.5. The molecule has 1 saturated heterocycles. The number of benzene rings is 2. The van der Waals surface area contributed by atoms with Crippen LogP contribution in [-0.4, -0.2) is 82.8 Å². The van der Waals surface area contributed by atoms with Crippen LogP contribution in [0.25, 0.3) is 0 Å². The Morgan fingerprint density at radius 3 is 2.14 bits per heavy atom. The molecule has 0 radical (unpaired) electrons. The molecule has 1 amide bonds. The number of methoxy groups -OCH3 is 3. The van der Waals surface area contributed by atoms with E-state index in [9.17, 15) is 18.3 Å². The fourth-order valence-electron chi connectivity index (χ4n) is 3.78. The van der Waals surface area contributed by atoms with E-state index in [1.807, 2.05) is 0 Å². The molecule has 1 aliphatic rings. The van der Waals surface area contributed by atoms with Crippen molar-refractivity contribution < 1.29 is 41.8 Å². The predicted octanol–water partition coefficient (Wildman–Crippen LogP) is 3.27. The van der Waals surface area contributed by atoms with E-state index in [-0.39, 0.29) is 19.1 Å². The number of morpholine rings is 1. The number of carbonyl (C=O) groups excluding carboxylic acids is 1. The highest BCUT2D eigenvalue weighted by Crippen LogP contribution is 2.40. The van der Waals surface area contributed by atoms with Gasteiger partial charge in [-0.1, -0.05) is 29.3 Å². The van der Waals surface area contributed by atoms with Gasteiger partial charge in [-0.15, -0.1) is 0 Å². The third-order valence-electron chi connectivity index (χ3n) is 5.35. The Bertz CT molecular complexity index is 1140. The lowest BCUT2D eigenvalue weighted by atomic mass is 9.88. The molecule has 0 saturated carbocycles. The molecule has 0 aromatic heterocycles. The maximum Gasteiger partial charge on any atom is 0.261 e. The van der Waals surface area contributed by atoms with Crippen molar-refractivity contribution in [3.8, 4) is 17.2 Å². The van der Waals surface area contributed by atoms with Gasteiger partial charge in [0.2, 0.25) is 5.75 Å². The van der Waals surface area contributed by atoms with E-state index >= 15 is 0 Å². The van der Waals surface area contributed by atoms with Crippen LogP contribution in [0.4, 0.5) is 0 Å². The highest BCUT2D eigenvalue weighted by molar-refractivity contribution is 7.85. The molecular weight excluding hydrogens is 537 g/mol. The summed E-state index contributed by atoms with van der Waals surface area (Å²) >= 11 is 12.3. The minimum atomic E-state index is -3.67. The maximum atomic E-state index is 13.4. The topological polar surface area (TPSA) is 132 Å². The molecule has 1 heterocycles. The maximum absolute atomic E-state index is 13.4.